The van der Waals surface area contributed by atoms with E-state index in [1.165, 1.54) is 12.1 Å². The summed E-state index contributed by atoms with van der Waals surface area (Å²) in [6.07, 6.45) is 3.21. The van der Waals surface area contributed by atoms with E-state index in [-0.39, 0.29) is 12.4 Å². The summed E-state index contributed by atoms with van der Waals surface area (Å²) < 4.78 is 71.4. The van der Waals surface area contributed by atoms with E-state index in [4.69, 9.17) is 0 Å². The summed E-state index contributed by atoms with van der Waals surface area (Å²) >= 11 is 0. The van der Waals surface area contributed by atoms with E-state index in [1.54, 1.807) is 11.0 Å². The van der Waals surface area contributed by atoms with Gasteiger partial charge in [0.1, 0.15) is 5.82 Å². The van der Waals surface area contributed by atoms with Gasteiger partial charge in [0.25, 0.3) is 5.91 Å². The minimum Gasteiger partial charge on any atom is -0.329 e. The number of hydrogen-bond donors (Lipinski definition) is 0. The summed E-state index contributed by atoms with van der Waals surface area (Å²) in [5.41, 5.74) is 3.14. The number of halogens is 5. The van der Waals surface area contributed by atoms with Crippen LogP contribution in [0.5, 0.6) is 0 Å². The van der Waals surface area contributed by atoms with Gasteiger partial charge in [-0.05, 0) is 98.7 Å². The Morgan fingerprint density at radius 1 is 0.850 bits per heavy atom. The number of amides is 1. The third kappa shape index (κ3) is 3.83. The highest BCUT2D eigenvalue weighted by Crippen LogP contribution is 2.55. The number of carbonyl (C=O) groups is 1. The van der Waals surface area contributed by atoms with Gasteiger partial charge in [0.2, 0.25) is 0 Å². The lowest BCUT2D eigenvalue weighted by Crippen LogP contribution is -2.60. The summed E-state index contributed by atoms with van der Waals surface area (Å²) in [6.45, 7) is 0.223. The average Bonchev–Trinajstić information content (AvgIpc) is 3.34. The maximum absolute atomic E-state index is 14.9. The highest BCUT2D eigenvalue weighted by atomic mass is 19.2. The topological polar surface area (TPSA) is 23.6 Å². The molecule has 1 spiro atoms. The van der Waals surface area contributed by atoms with Crippen LogP contribution in [0.2, 0.25) is 0 Å². The fraction of sp³-hybridized carbons (Fsp3) is 0.344. The van der Waals surface area contributed by atoms with Crippen molar-refractivity contribution in [3.63, 3.8) is 0 Å². The van der Waals surface area contributed by atoms with Gasteiger partial charge in [0.05, 0.1) is 11.1 Å². The highest BCUT2D eigenvalue weighted by Gasteiger charge is 2.54. The highest BCUT2D eigenvalue weighted by molar-refractivity contribution is 5.96. The average molecular weight is 553 g/mol. The van der Waals surface area contributed by atoms with Crippen molar-refractivity contribution in [1.82, 2.24) is 9.80 Å². The van der Waals surface area contributed by atoms with Crippen LogP contribution < -0.4 is 0 Å². The number of hydrogen-bond acceptors (Lipinski definition) is 2. The minimum atomic E-state index is -2.00. The number of carbonyl (C=O) groups excluding carboxylic acids is 1. The summed E-state index contributed by atoms with van der Waals surface area (Å²) in [6, 6.07) is 15.0. The van der Waals surface area contributed by atoms with E-state index in [0.717, 1.165) is 27.8 Å². The molecule has 1 heterocycles. The molecule has 208 valence electrons. The fourth-order valence-electron chi connectivity index (χ4n) is 7.35. The Balaban J connectivity index is 1.46. The quantitative estimate of drug-likeness (QED) is 0.198. The Kier molecular flexibility index (Phi) is 6.37. The maximum atomic E-state index is 14.9. The summed E-state index contributed by atoms with van der Waals surface area (Å²) in [5.74, 6) is -8.43. The van der Waals surface area contributed by atoms with Gasteiger partial charge in [0, 0.05) is 12.1 Å². The predicted molar refractivity (Wildman–Crippen MR) is 142 cm³/mol. The zero-order valence-electron chi connectivity index (χ0n) is 22.3. The molecule has 0 unspecified atom stereocenters. The molecule has 6 rings (SSSR count). The van der Waals surface area contributed by atoms with Crippen molar-refractivity contribution in [2.45, 2.75) is 49.6 Å². The third-order valence-corrected chi connectivity index (χ3v) is 9.44. The normalized spacial score (nSPS) is 24.1. The maximum Gasteiger partial charge on any atom is 0.257 e. The monoisotopic (exact) mass is 552 g/mol. The Hall–Kier alpha value is -3.52. The summed E-state index contributed by atoms with van der Waals surface area (Å²) in [4.78, 5) is 17.6. The number of nitrogens with zero attached hydrogens (tertiary/aromatic N) is 2. The smallest absolute Gasteiger partial charge is 0.257 e. The molecule has 1 fully saturated rings. The molecule has 0 radical (unpaired) electrons. The molecule has 3 nitrogen and oxygen atoms in total. The number of benzene rings is 3. The first kappa shape index (κ1) is 26.7. The Morgan fingerprint density at radius 2 is 1.57 bits per heavy atom. The van der Waals surface area contributed by atoms with Crippen LogP contribution >= 0.6 is 0 Å². The number of fused-ring (bicyclic) bond motifs is 3. The van der Waals surface area contributed by atoms with E-state index in [0.29, 0.717) is 44.6 Å². The van der Waals surface area contributed by atoms with Crippen molar-refractivity contribution < 1.29 is 26.7 Å². The second-order valence-electron chi connectivity index (χ2n) is 11.3. The van der Waals surface area contributed by atoms with Crippen molar-refractivity contribution in [2.75, 3.05) is 20.6 Å². The number of rotatable bonds is 3. The summed E-state index contributed by atoms with van der Waals surface area (Å²) in [7, 11) is 3.89. The lowest BCUT2D eigenvalue weighted by Gasteiger charge is -2.56. The van der Waals surface area contributed by atoms with Crippen LogP contribution in [0, 0.1) is 29.1 Å². The van der Waals surface area contributed by atoms with Crippen molar-refractivity contribution >= 4 is 11.5 Å². The van der Waals surface area contributed by atoms with E-state index < -0.39 is 45.8 Å². The first-order chi connectivity index (χ1) is 19.1. The molecule has 1 saturated carbocycles. The molecule has 3 aromatic rings. The Labute approximate surface area is 229 Å². The first-order valence-electron chi connectivity index (χ1n) is 13.5. The minimum absolute atomic E-state index is 0.223. The molecule has 2 aliphatic carbocycles. The van der Waals surface area contributed by atoms with Gasteiger partial charge >= 0.3 is 0 Å². The van der Waals surface area contributed by atoms with E-state index in [1.807, 2.05) is 32.3 Å². The van der Waals surface area contributed by atoms with E-state index >= 15 is 0 Å². The standard InChI is InChI=1S/C32H29F5N2O/c1-38(2)31(20-7-5-8-21(33)17-20)11-13-32(14-12-31)25-16-19-6-3-4-9-22(19)23(25)10-15-39(32)30(40)24-18-26(34)28(36)29(37)27(24)35/h3-9,17-18H,10-16H2,1-2H3. The molecular weight excluding hydrogens is 523 g/mol. The third-order valence-electron chi connectivity index (χ3n) is 9.44. The van der Waals surface area contributed by atoms with Gasteiger partial charge in [-0.3, -0.25) is 9.69 Å². The van der Waals surface area contributed by atoms with Gasteiger partial charge in [0.15, 0.2) is 23.3 Å². The van der Waals surface area contributed by atoms with Crippen LogP contribution in [-0.2, 0) is 12.0 Å². The molecule has 3 aromatic carbocycles. The lowest BCUT2D eigenvalue weighted by atomic mass is 9.63. The van der Waals surface area contributed by atoms with E-state index in [2.05, 4.69) is 17.0 Å². The molecular formula is C32H29F5N2O. The van der Waals surface area contributed by atoms with Gasteiger partial charge < -0.3 is 4.90 Å². The van der Waals surface area contributed by atoms with Crippen molar-refractivity contribution in [2.24, 2.45) is 0 Å². The second-order valence-corrected chi connectivity index (χ2v) is 11.3. The van der Waals surface area contributed by atoms with Gasteiger partial charge in [-0.25, -0.2) is 22.0 Å². The lowest BCUT2D eigenvalue weighted by molar-refractivity contribution is 0.00682. The largest absolute Gasteiger partial charge is 0.329 e. The molecule has 1 amide bonds. The summed E-state index contributed by atoms with van der Waals surface area (Å²) in [5, 5.41) is 0. The Bertz CT molecular complexity index is 1550. The van der Waals surface area contributed by atoms with Crippen LogP contribution in [0.3, 0.4) is 0 Å². The van der Waals surface area contributed by atoms with Crippen LogP contribution in [0.1, 0.15) is 59.2 Å². The zero-order chi connectivity index (χ0) is 28.4. The molecule has 0 saturated heterocycles. The molecule has 0 N–H and O–H groups in total. The van der Waals surface area contributed by atoms with Gasteiger partial charge in [-0.1, -0.05) is 36.4 Å². The zero-order valence-corrected chi connectivity index (χ0v) is 22.3. The first-order valence-corrected chi connectivity index (χ1v) is 13.5. The SMILES string of the molecule is CN(C)C1(c2cccc(F)c2)CCC2(CC1)C1=C(CCN2C(=O)c2cc(F)c(F)c(F)c2F)c2ccccc2C1. The van der Waals surface area contributed by atoms with Crippen molar-refractivity contribution in [1.29, 1.82) is 0 Å². The molecule has 8 heteroatoms. The molecule has 1 aliphatic heterocycles. The fourth-order valence-corrected chi connectivity index (χ4v) is 7.35. The van der Waals surface area contributed by atoms with Gasteiger partial charge in [-0.15, -0.1) is 0 Å². The van der Waals surface area contributed by atoms with Crippen LogP contribution in [0.4, 0.5) is 22.0 Å². The van der Waals surface area contributed by atoms with Crippen LogP contribution in [0.25, 0.3) is 5.57 Å². The molecule has 40 heavy (non-hydrogen) atoms. The second kappa shape index (κ2) is 9.54. The molecule has 0 atom stereocenters. The Morgan fingerprint density at radius 3 is 2.27 bits per heavy atom. The van der Waals surface area contributed by atoms with Crippen LogP contribution in [0.15, 0.2) is 60.2 Å². The predicted octanol–water partition coefficient (Wildman–Crippen LogP) is 7.01. The molecule has 3 aliphatic rings. The van der Waals surface area contributed by atoms with Crippen LogP contribution in [-0.4, -0.2) is 41.9 Å². The molecule has 0 bridgehead atoms. The van der Waals surface area contributed by atoms with Crippen molar-refractivity contribution in [3.05, 3.63) is 112 Å². The van der Waals surface area contributed by atoms with E-state index in [9.17, 15) is 26.7 Å². The van der Waals surface area contributed by atoms with Gasteiger partial charge in [-0.2, -0.15) is 0 Å². The van der Waals surface area contributed by atoms with Crippen molar-refractivity contribution in [3.8, 4) is 0 Å². The molecule has 0 aromatic heterocycles.